The number of hydrogen-bond donors (Lipinski definition) is 0. The molecule has 0 aromatic heterocycles. The first-order valence-corrected chi connectivity index (χ1v) is 8.45. The molecule has 1 heterocycles. The molecule has 1 unspecified atom stereocenters. The summed E-state index contributed by atoms with van der Waals surface area (Å²) in [5, 5.41) is -0.420. The molecule has 0 bridgehead atoms. The SMILES string of the molecule is COc1cccc(CC(=O)N2CCC(S(C)(=O)=O)C2)c1. The average Bonchev–Trinajstić information content (AvgIpc) is 2.88. The van der Waals surface area contributed by atoms with Crippen molar-refractivity contribution in [3.05, 3.63) is 29.8 Å². The van der Waals surface area contributed by atoms with Gasteiger partial charge in [0.2, 0.25) is 5.91 Å². The fourth-order valence-corrected chi connectivity index (χ4v) is 3.36. The quantitative estimate of drug-likeness (QED) is 0.828. The number of amides is 1. The van der Waals surface area contributed by atoms with Crippen LogP contribution < -0.4 is 4.74 Å². The molecule has 1 fully saturated rings. The van der Waals surface area contributed by atoms with E-state index < -0.39 is 15.1 Å². The summed E-state index contributed by atoms with van der Waals surface area (Å²) in [7, 11) is -1.48. The van der Waals surface area contributed by atoms with Gasteiger partial charge in [0, 0.05) is 19.3 Å². The van der Waals surface area contributed by atoms with Crippen molar-refractivity contribution in [2.24, 2.45) is 0 Å². The highest BCUT2D eigenvalue weighted by Crippen LogP contribution is 2.18. The lowest BCUT2D eigenvalue weighted by molar-refractivity contribution is -0.129. The van der Waals surface area contributed by atoms with Crippen LogP contribution in [0, 0.1) is 0 Å². The van der Waals surface area contributed by atoms with Gasteiger partial charge in [-0.15, -0.1) is 0 Å². The highest BCUT2D eigenvalue weighted by Gasteiger charge is 2.32. The van der Waals surface area contributed by atoms with Crippen molar-refractivity contribution in [1.29, 1.82) is 0 Å². The molecule has 0 aliphatic carbocycles. The van der Waals surface area contributed by atoms with Gasteiger partial charge in [0.1, 0.15) is 5.75 Å². The van der Waals surface area contributed by atoms with E-state index in [4.69, 9.17) is 4.74 Å². The minimum absolute atomic E-state index is 0.0376. The van der Waals surface area contributed by atoms with Crippen LogP contribution in [0.2, 0.25) is 0 Å². The molecule has 6 heteroatoms. The topological polar surface area (TPSA) is 63.7 Å². The summed E-state index contributed by atoms with van der Waals surface area (Å²) < 4.78 is 28.1. The number of carbonyl (C=O) groups excluding carboxylic acids is 1. The Kier molecular flexibility index (Phi) is 4.32. The molecule has 20 heavy (non-hydrogen) atoms. The minimum atomic E-state index is -3.07. The van der Waals surface area contributed by atoms with Gasteiger partial charge in [-0.1, -0.05) is 12.1 Å². The summed E-state index contributed by atoms with van der Waals surface area (Å²) in [6.45, 7) is 0.822. The molecule has 1 atom stereocenters. The van der Waals surface area contributed by atoms with E-state index in [-0.39, 0.29) is 12.3 Å². The molecule has 0 radical (unpaired) electrons. The molecule has 110 valence electrons. The van der Waals surface area contributed by atoms with Crippen LogP contribution >= 0.6 is 0 Å². The van der Waals surface area contributed by atoms with Crippen LogP contribution in [0.4, 0.5) is 0 Å². The molecule has 1 aliphatic rings. The standard InChI is InChI=1S/C14H19NO4S/c1-19-12-5-3-4-11(8-12)9-14(16)15-7-6-13(10-15)20(2,17)18/h3-5,8,13H,6-7,9-10H2,1-2H3. The Bertz CT molecular complexity index is 597. The van der Waals surface area contributed by atoms with Gasteiger partial charge in [0.25, 0.3) is 0 Å². The highest BCUT2D eigenvalue weighted by atomic mass is 32.2. The first-order valence-electron chi connectivity index (χ1n) is 6.49. The van der Waals surface area contributed by atoms with E-state index in [1.165, 1.54) is 6.26 Å². The number of nitrogens with zero attached hydrogens (tertiary/aromatic N) is 1. The third-order valence-electron chi connectivity index (χ3n) is 3.59. The first-order chi connectivity index (χ1) is 9.40. The summed E-state index contributed by atoms with van der Waals surface area (Å²) in [5.41, 5.74) is 0.872. The molecule has 1 aromatic rings. The molecule has 2 rings (SSSR count). The lowest BCUT2D eigenvalue weighted by Gasteiger charge is -2.16. The smallest absolute Gasteiger partial charge is 0.227 e. The summed E-state index contributed by atoms with van der Waals surface area (Å²) in [6.07, 6.45) is 2.03. The van der Waals surface area contributed by atoms with Crippen molar-refractivity contribution >= 4 is 15.7 Å². The Labute approximate surface area is 119 Å². The van der Waals surface area contributed by atoms with E-state index >= 15 is 0 Å². The largest absolute Gasteiger partial charge is 0.497 e. The van der Waals surface area contributed by atoms with Crippen LogP contribution in [0.1, 0.15) is 12.0 Å². The number of hydrogen-bond acceptors (Lipinski definition) is 4. The van der Waals surface area contributed by atoms with Gasteiger partial charge in [0.15, 0.2) is 9.84 Å². The summed E-state index contributed by atoms with van der Waals surface area (Å²) in [5.74, 6) is 0.676. The maximum atomic E-state index is 12.2. The summed E-state index contributed by atoms with van der Waals surface area (Å²) in [6, 6.07) is 7.35. The van der Waals surface area contributed by atoms with E-state index in [9.17, 15) is 13.2 Å². The monoisotopic (exact) mass is 297 g/mol. The summed E-state index contributed by atoms with van der Waals surface area (Å²) >= 11 is 0. The van der Waals surface area contributed by atoms with Crippen molar-refractivity contribution < 1.29 is 17.9 Å². The minimum Gasteiger partial charge on any atom is -0.497 e. The number of sulfone groups is 1. The lowest BCUT2D eigenvalue weighted by Crippen LogP contribution is -2.32. The van der Waals surface area contributed by atoms with E-state index in [0.717, 1.165) is 5.56 Å². The average molecular weight is 297 g/mol. The van der Waals surface area contributed by atoms with Gasteiger partial charge in [-0.2, -0.15) is 0 Å². The van der Waals surface area contributed by atoms with E-state index in [1.54, 1.807) is 12.0 Å². The normalized spacial score (nSPS) is 19.1. The van der Waals surface area contributed by atoms with Crippen molar-refractivity contribution in [1.82, 2.24) is 4.90 Å². The van der Waals surface area contributed by atoms with Crippen molar-refractivity contribution in [2.45, 2.75) is 18.1 Å². The molecule has 1 aliphatic heterocycles. The molecule has 1 saturated heterocycles. The zero-order valence-electron chi connectivity index (χ0n) is 11.7. The Morgan fingerprint density at radius 1 is 1.45 bits per heavy atom. The molecule has 0 saturated carbocycles. The van der Waals surface area contributed by atoms with E-state index in [0.29, 0.717) is 25.3 Å². The van der Waals surface area contributed by atoms with Gasteiger partial charge in [-0.05, 0) is 24.1 Å². The van der Waals surface area contributed by atoms with Gasteiger partial charge in [-0.25, -0.2) is 8.42 Å². The van der Waals surface area contributed by atoms with Crippen LogP contribution in [-0.4, -0.2) is 50.9 Å². The Balaban J connectivity index is 1.99. The van der Waals surface area contributed by atoms with Crippen molar-refractivity contribution in [3.8, 4) is 5.75 Å². The van der Waals surface area contributed by atoms with Crippen LogP contribution in [-0.2, 0) is 21.1 Å². The second-order valence-corrected chi connectivity index (χ2v) is 7.43. The lowest BCUT2D eigenvalue weighted by atomic mass is 10.1. The second kappa shape index (κ2) is 5.83. The zero-order chi connectivity index (χ0) is 14.8. The Morgan fingerprint density at radius 2 is 2.20 bits per heavy atom. The molecule has 1 amide bonds. The molecule has 0 spiro atoms. The highest BCUT2D eigenvalue weighted by molar-refractivity contribution is 7.91. The summed E-state index contributed by atoms with van der Waals surface area (Å²) in [4.78, 5) is 13.8. The van der Waals surface area contributed by atoms with Gasteiger partial charge in [0.05, 0.1) is 18.8 Å². The fourth-order valence-electron chi connectivity index (χ4n) is 2.37. The number of methoxy groups -OCH3 is 1. The number of rotatable bonds is 4. The zero-order valence-corrected chi connectivity index (χ0v) is 12.5. The Morgan fingerprint density at radius 3 is 2.80 bits per heavy atom. The molecular formula is C14H19NO4S. The van der Waals surface area contributed by atoms with E-state index in [1.807, 2.05) is 24.3 Å². The van der Waals surface area contributed by atoms with Crippen LogP contribution in [0.25, 0.3) is 0 Å². The van der Waals surface area contributed by atoms with Crippen LogP contribution in [0.3, 0.4) is 0 Å². The van der Waals surface area contributed by atoms with E-state index in [2.05, 4.69) is 0 Å². The molecule has 0 N–H and O–H groups in total. The van der Waals surface area contributed by atoms with Crippen molar-refractivity contribution in [2.75, 3.05) is 26.5 Å². The Hall–Kier alpha value is -1.56. The van der Waals surface area contributed by atoms with Crippen LogP contribution in [0.15, 0.2) is 24.3 Å². The third kappa shape index (κ3) is 3.50. The predicted octanol–water partition coefficient (Wildman–Crippen LogP) is 0.883. The number of benzene rings is 1. The van der Waals surface area contributed by atoms with Gasteiger partial charge < -0.3 is 9.64 Å². The van der Waals surface area contributed by atoms with Crippen LogP contribution in [0.5, 0.6) is 5.75 Å². The third-order valence-corrected chi connectivity index (χ3v) is 5.19. The fraction of sp³-hybridized carbons (Fsp3) is 0.500. The number of likely N-dealkylation sites (tertiary alicyclic amines) is 1. The number of carbonyl (C=O) groups is 1. The van der Waals surface area contributed by atoms with Gasteiger partial charge in [-0.3, -0.25) is 4.79 Å². The van der Waals surface area contributed by atoms with Crippen molar-refractivity contribution in [3.63, 3.8) is 0 Å². The van der Waals surface area contributed by atoms with Gasteiger partial charge >= 0.3 is 0 Å². The first kappa shape index (κ1) is 14.8. The number of ether oxygens (including phenoxy) is 1. The maximum absolute atomic E-state index is 12.2. The maximum Gasteiger partial charge on any atom is 0.227 e. The second-order valence-electron chi connectivity index (χ2n) is 5.11. The molecule has 5 nitrogen and oxygen atoms in total. The molecular weight excluding hydrogens is 278 g/mol. The molecule has 1 aromatic carbocycles. The predicted molar refractivity (Wildman–Crippen MR) is 76.5 cm³/mol.